The van der Waals surface area contributed by atoms with Crippen LogP contribution in [0.5, 0.6) is 34.5 Å². The fourth-order valence-electron chi connectivity index (χ4n) is 15.4. The maximum atomic E-state index is 14.2. The fourth-order valence-corrected chi connectivity index (χ4v) is 15.4. The van der Waals surface area contributed by atoms with Gasteiger partial charge in [0.15, 0.2) is 23.5 Å². The third-order valence-corrected chi connectivity index (χ3v) is 21.6. The number of benzene rings is 3. The Labute approximate surface area is 677 Å². The van der Waals surface area contributed by atoms with Crippen LogP contribution >= 0.6 is 0 Å². The van der Waals surface area contributed by atoms with E-state index in [-0.39, 0.29) is 192 Å². The first-order valence-electron chi connectivity index (χ1n) is 39.8. The highest BCUT2D eigenvalue weighted by atomic mass is 16.6. The van der Waals surface area contributed by atoms with Gasteiger partial charge < -0.3 is 133 Å². The number of hydrogen-bond donors (Lipinski definition) is 14. The van der Waals surface area contributed by atoms with Gasteiger partial charge in [-0.25, -0.2) is 0 Å². The van der Waals surface area contributed by atoms with Crippen LogP contribution in [0.1, 0.15) is 167 Å². The van der Waals surface area contributed by atoms with Gasteiger partial charge in [-0.3, -0.25) is 47.9 Å². The van der Waals surface area contributed by atoms with Crippen molar-refractivity contribution in [2.45, 2.75) is 172 Å². The molecule has 11 atom stereocenters. The topological polar surface area (TPSA) is 544 Å². The van der Waals surface area contributed by atoms with Crippen LogP contribution in [-0.2, 0) is 76.2 Å². The number of rotatable bonds is 53. The molecule has 3 aromatic carbocycles. The zero-order valence-electron chi connectivity index (χ0n) is 67.7. The number of methoxy groups -OCH3 is 3. The van der Waals surface area contributed by atoms with Crippen molar-refractivity contribution in [1.29, 1.82) is 0 Å². The van der Waals surface area contributed by atoms with E-state index < -0.39 is 113 Å². The monoisotopic (exact) mass is 1640 g/mol. The standard InChI is InChI=1S/C80H123N11O25/c1-7-8-9-10-25-80(3,116-78(104)57(83)45-66(94)89-31-35-111-39-41-113-48-68(96)91-60-19-22-63(107-6)70(73(60)99)75(85)101)50-14-11-13-49-42-64(115-76(102)55(81)24-27-86-28-32-108-38-40-112-47-67(95)90-59-18-20-61(105-4)52(46-92)71(59)97)54-43-51(23-26-79(54,2)53(49)16-12-15-50)114-77(103)56(82)44-65(93)88-30-34-110-37-36-109-33-29-87-58-17-21-62(106-5)69(72(58)98)74(84)100/h17-22,46,49-51,53-57,64,86-87,97-99H,7-16,23-45,47-48,81-83H2,1-6H3,(H2,84,100)(H2,85,101)(H,88,93)(H,89,94)(H,90,95)(H,91,96). The summed E-state index contributed by atoms with van der Waals surface area (Å²) in [5.74, 6) is -6.95. The SMILES string of the molecule is CCCCCCC(C)(OC(=O)C(N)CC(=O)NCCOCCOCC(=O)Nc1ccc(OC)c(C(N)=O)c1O)C1CCCC2CC(OC(=O)C(N)CCNCCOCCOCC(=O)Nc3ccc(OC)c(C=O)c3O)C3CC(OC(=O)C(N)CC(=O)NCCOCCOCCNc4ccc(OC)c(C(N)=O)c4O)CCC3(C)C2CCC1. The number of amides is 6. The molecule has 36 nitrogen and oxygen atoms in total. The number of fused-ring (bicyclic) bond motifs is 3. The van der Waals surface area contributed by atoms with Crippen molar-refractivity contribution in [2.75, 3.05) is 149 Å². The smallest absolute Gasteiger partial charge is 0.323 e. The van der Waals surface area contributed by atoms with Gasteiger partial charge in [-0.05, 0) is 137 Å². The van der Waals surface area contributed by atoms with Gasteiger partial charge in [0, 0.05) is 32.1 Å². The molecule has 3 aromatic rings. The van der Waals surface area contributed by atoms with Crippen LogP contribution < -0.4 is 74.8 Å². The lowest BCUT2D eigenvalue weighted by Crippen LogP contribution is -2.56. The Balaban J connectivity index is 0.997. The molecule has 6 rings (SSSR count). The molecule has 3 fully saturated rings. The molecule has 0 bridgehead atoms. The molecule has 116 heavy (non-hydrogen) atoms. The molecule has 0 aromatic heterocycles. The van der Waals surface area contributed by atoms with E-state index in [0.717, 1.165) is 64.2 Å². The van der Waals surface area contributed by atoms with E-state index in [2.05, 4.69) is 45.7 Å². The molecule has 11 unspecified atom stereocenters. The van der Waals surface area contributed by atoms with Gasteiger partial charge in [0.2, 0.25) is 23.6 Å². The Morgan fingerprint density at radius 2 is 1.04 bits per heavy atom. The normalized spacial score (nSPS) is 19.8. The number of aldehydes is 1. The highest BCUT2D eigenvalue weighted by Gasteiger charge is 2.56. The number of nitrogens with one attached hydrogen (secondary N) is 6. The van der Waals surface area contributed by atoms with Gasteiger partial charge in [-0.2, -0.15) is 0 Å². The van der Waals surface area contributed by atoms with Crippen molar-refractivity contribution in [2.24, 2.45) is 57.8 Å². The van der Waals surface area contributed by atoms with E-state index >= 15 is 0 Å². The molecule has 6 amide bonds. The fraction of sp³-hybridized carbons (Fsp3) is 0.650. The number of carbonyl (C=O) groups is 10. The molecule has 3 aliphatic rings. The van der Waals surface area contributed by atoms with Crippen molar-refractivity contribution >= 4 is 76.7 Å². The number of phenolic OH excluding ortho intramolecular Hbond substituents is 1. The zero-order chi connectivity index (χ0) is 84.7. The lowest BCUT2D eigenvalue weighted by atomic mass is 9.50. The van der Waals surface area contributed by atoms with Crippen LogP contribution in [0, 0.1) is 29.1 Å². The van der Waals surface area contributed by atoms with E-state index in [1.807, 2.05) is 6.92 Å². The van der Waals surface area contributed by atoms with Gasteiger partial charge in [0.1, 0.15) is 83.1 Å². The maximum absolute atomic E-state index is 14.2. The first-order valence-corrected chi connectivity index (χ1v) is 39.8. The van der Waals surface area contributed by atoms with Crippen LogP contribution in [0.4, 0.5) is 17.1 Å². The highest BCUT2D eigenvalue weighted by Crippen LogP contribution is 2.60. The Bertz CT molecular complexity index is 3690. The van der Waals surface area contributed by atoms with Crippen LogP contribution in [-0.4, -0.2) is 244 Å². The minimum absolute atomic E-state index is 0.0111. The van der Waals surface area contributed by atoms with Crippen LogP contribution in [0.25, 0.3) is 0 Å². The molecule has 0 aliphatic heterocycles. The lowest BCUT2D eigenvalue weighted by molar-refractivity contribution is -0.185. The van der Waals surface area contributed by atoms with Crippen molar-refractivity contribution in [1.82, 2.24) is 16.0 Å². The molecule has 648 valence electrons. The summed E-state index contributed by atoms with van der Waals surface area (Å²) in [7, 11) is 4.01. The number of anilines is 3. The second-order valence-corrected chi connectivity index (χ2v) is 29.7. The second kappa shape index (κ2) is 49.7. The van der Waals surface area contributed by atoms with Crippen LogP contribution in [0.2, 0.25) is 0 Å². The molecule has 0 spiro atoms. The summed E-state index contributed by atoms with van der Waals surface area (Å²) in [5, 5.41) is 48.0. The van der Waals surface area contributed by atoms with Crippen LogP contribution in [0.15, 0.2) is 36.4 Å². The minimum atomic E-state index is -1.28. The van der Waals surface area contributed by atoms with E-state index in [0.29, 0.717) is 51.5 Å². The third kappa shape index (κ3) is 29.7. The maximum Gasteiger partial charge on any atom is 0.323 e. The quantitative estimate of drug-likeness (QED) is 0.0124. The molecular weight excluding hydrogens is 1510 g/mol. The van der Waals surface area contributed by atoms with Gasteiger partial charge >= 0.3 is 17.9 Å². The van der Waals surface area contributed by atoms with E-state index in [1.54, 1.807) is 6.07 Å². The van der Waals surface area contributed by atoms with Crippen LogP contribution in [0.3, 0.4) is 0 Å². The zero-order valence-corrected chi connectivity index (χ0v) is 67.7. The van der Waals surface area contributed by atoms with Gasteiger partial charge in [-0.1, -0.05) is 52.4 Å². The summed E-state index contributed by atoms with van der Waals surface area (Å²) in [4.78, 5) is 128. The summed E-state index contributed by atoms with van der Waals surface area (Å²) < 4.78 is 67.7. The summed E-state index contributed by atoms with van der Waals surface area (Å²) >= 11 is 0. The number of unbranched alkanes of at least 4 members (excludes halogenated alkanes) is 3. The predicted molar refractivity (Wildman–Crippen MR) is 425 cm³/mol. The Morgan fingerprint density at radius 1 is 0.543 bits per heavy atom. The first-order chi connectivity index (χ1) is 55.6. The predicted octanol–water partition coefficient (Wildman–Crippen LogP) is 4.11. The van der Waals surface area contributed by atoms with Gasteiger partial charge in [0.25, 0.3) is 11.8 Å². The summed E-state index contributed by atoms with van der Waals surface area (Å²) in [6.45, 7) is 8.39. The number of hydrogen-bond acceptors (Lipinski definition) is 30. The molecule has 19 N–H and O–H groups in total. The third-order valence-electron chi connectivity index (χ3n) is 21.6. The molecular formula is C80H123N11O25. The average Bonchev–Trinajstić information content (AvgIpc) is 0.917. The molecule has 0 saturated heterocycles. The number of ether oxygens (including phenoxy) is 12. The minimum Gasteiger partial charge on any atom is -0.505 e. The number of phenols is 3. The number of carbonyl (C=O) groups excluding carboxylic acids is 10. The van der Waals surface area contributed by atoms with Gasteiger partial charge in [0.05, 0.1) is 117 Å². The van der Waals surface area contributed by atoms with Crippen molar-refractivity contribution < 1.29 is 120 Å². The molecule has 36 heteroatoms. The number of aromatic hydroxyl groups is 3. The largest absolute Gasteiger partial charge is 0.505 e. The van der Waals surface area contributed by atoms with Crippen molar-refractivity contribution in [3.8, 4) is 34.5 Å². The van der Waals surface area contributed by atoms with Crippen molar-refractivity contribution in [3.05, 3.63) is 53.1 Å². The van der Waals surface area contributed by atoms with Gasteiger partial charge in [-0.15, -0.1) is 0 Å². The molecule has 3 aliphatic carbocycles. The average molecular weight is 1640 g/mol. The summed E-state index contributed by atoms with van der Waals surface area (Å²) in [6.07, 6.45) is 9.79. The second-order valence-electron chi connectivity index (χ2n) is 29.7. The first kappa shape index (κ1) is 95.6. The Kier molecular flexibility index (Phi) is 41.0. The number of primary amides is 2. The van der Waals surface area contributed by atoms with E-state index in [9.17, 15) is 63.3 Å². The Morgan fingerprint density at radius 3 is 1.59 bits per heavy atom. The molecule has 3 saturated carbocycles. The highest BCUT2D eigenvalue weighted by molar-refractivity contribution is 6.03. The summed E-state index contributed by atoms with van der Waals surface area (Å²) in [6, 6.07) is 5.08. The van der Waals surface area contributed by atoms with E-state index in [4.69, 9.17) is 85.5 Å². The molecule has 0 heterocycles. The Hall–Kier alpha value is -9.24. The van der Waals surface area contributed by atoms with Crippen molar-refractivity contribution in [3.63, 3.8) is 0 Å². The summed E-state index contributed by atoms with van der Waals surface area (Å²) in [5.41, 5.74) is 28.6. The number of esters is 3. The van der Waals surface area contributed by atoms with E-state index in [1.165, 1.54) is 51.7 Å². The number of nitrogens with two attached hydrogens (primary N) is 5. The lowest BCUT2D eigenvalue weighted by Gasteiger charge is -2.57. The molecule has 0 radical (unpaired) electrons.